The molecule has 0 unspecified atom stereocenters. The minimum Gasteiger partial charge on any atom is -0.395 e. The Morgan fingerprint density at radius 2 is 2.21 bits per heavy atom. The number of piperidine rings is 1. The summed E-state index contributed by atoms with van der Waals surface area (Å²) in [7, 11) is -2.32. The number of aryl methyl sites for hydroxylation is 1. The van der Waals surface area contributed by atoms with E-state index < -0.39 is 21.5 Å². The maximum absolute atomic E-state index is 13.0. The van der Waals surface area contributed by atoms with E-state index in [1.807, 2.05) is 4.90 Å². The van der Waals surface area contributed by atoms with Crippen molar-refractivity contribution < 1.29 is 18.3 Å². The Kier molecular flexibility index (Phi) is 7.55. The van der Waals surface area contributed by atoms with Gasteiger partial charge in [0.05, 0.1) is 24.7 Å². The van der Waals surface area contributed by atoms with Gasteiger partial charge in [0.1, 0.15) is 10.7 Å². The molecule has 0 bridgehead atoms. The molecule has 1 atom stereocenters. The number of anilines is 1. The fourth-order valence-corrected chi connectivity index (χ4v) is 4.83. The summed E-state index contributed by atoms with van der Waals surface area (Å²) in [6, 6.07) is 3.28. The summed E-state index contributed by atoms with van der Waals surface area (Å²) >= 11 is 0. The normalized spacial score (nSPS) is 17.7. The zero-order chi connectivity index (χ0) is 20.8. The summed E-state index contributed by atoms with van der Waals surface area (Å²) < 4.78 is 33.7. The van der Waals surface area contributed by atoms with Crippen LogP contribution in [0.25, 0.3) is 0 Å². The van der Waals surface area contributed by atoms with Crippen LogP contribution in [0.2, 0.25) is 0 Å². The van der Waals surface area contributed by atoms with E-state index in [2.05, 4.69) is 22.4 Å². The van der Waals surface area contributed by atoms with Crippen molar-refractivity contribution in [2.75, 3.05) is 38.3 Å². The van der Waals surface area contributed by atoms with Crippen LogP contribution in [0.15, 0.2) is 29.8 Å². The Hall–Kier alpha value is -1.99. The third kappa shape index (κ3) is 5.08. The lowest BCUT2D eigenvalue weighted by Crippen LogP contribution is -2.43. The first-order valence-corrected chi connectivity index (χ1v) is 10.6. The molecule has 2 heterocycles. The topological polar surface area (TPSA) is 116 Å². The van der Waals surface area contributed by atoms with Crippen LogP contribution in [-0.4, -0.2) is 58.0 Å². The quantitative estimate of drug-likeness (QED) is 0.593. The van der Waals surface area contributed by atoms with E-state index in [1.54, 1.807) is 32.4 Å². The van der Waals surface area contributed by atoms with Crippen LogP contribution in [-0.2, 0) is 14.8 Å². The first kappa shape index (κ1) is 22.3. The molecule has 0 aliphatic carbocycles. The molecule has 2 N–H and O–H groups in total. The molecule has 28 heavy (non-hydrogen) atoms. The molecule has 1 fully saturated rings. The first-order chi connectivity index (χ1) is 13.3. The number of nitriles is 1. The van der Waals surface area contributed by atoms with Crippen molar-refractivity contribution in [2.45, 2.75) is 37.1 Å². The average molecular weight is 409 g/mol. The van der Waals surface area contributed by atoms with Gasteiger partial charge in [-0.25, -0.2) is 18.1 Å². The number of aliphatic hydroxyl groups excluding tert-OH is 1. The molecule has 0 aromatic carbocycles. The van der Waals surface area contributed by atoms with E-state index in [0.29, 0.717) is 44.8 Å². The number of aromatic nitrogens is 1. The molecular formula is C19H28N4O4S. The molecule has 0 spiro atoms. The molecule has 0 amide bonds. The molecule has 1 aromatic heterocycles. The lowest BCUT2D eigenvalue weighted by atomic mass is 9.80. The van der Waals surface area contributed by atoms with Crippen molar-refractivity contribution in [2.24, 2.45) is 5.41 Å². The van der Waals surface area contributed by atoms with Crippen molar-refractivity contribution in [1.82, 2.24) is 9.71 Å². The highest BCUT2D eigenvalue weighted by molar-refractivity contribution is 7.89. The number of ether oxygens (including phenoxy) is 1. The minimum atomic E-state index is -3.89. The molecule has 0 saturated carbocycles. The summed E-state index contributed by atoms with van der Waals surface area (Å²) in [5.74, 6) is 0.359. The van der Waals surface area contributed by atoms with Gasteiger partial charge in [0.2, 0.25) is 10.0 Å². The monoisotopic (exact) mass is 408 g/mol. The molecule has 2 rings (SSSR count). The predicted octanol–water partition coefficient (Wildman–Crippen LogP) is 1.36. The zero-order valence-corrected chi connectivity index (χ0v) is 17.2. The number of hydrogen-bond donors (Lipinski definition) is 2. The van der Waals surface area contributed by atoms with E-state index in [9.17, 15) is 18.8 Å². The minimum absolute atomic E-state index is 0.0752. The number of methoxy groups -OCH3 is 1. The smallest absolute Gasteiger partial charge is 0.244 e. The largest absolute Gasteiger partial charge is 0.395 e. The van der Waals surface area contributed by atoms with Gasteiger partial charge in [-0.05, 0) is 37.8 Å². The molecule has 9 heteroatoms. The van der Waals surface area contributed by atoms with Gasteiger partial charge in [0, 0.05) is 32.4 Å². The number of nitrogens with one attached hydrogen (secondary N) is 1. The van der Waals surface area contributed by atoms with Gasteiger partial charge in [-0.1, -0.05) is 6.08 Å². The Balaban J connectivity index is 2.31. The van der Waals surface area contributed by atoms with Crippen LogP contribution in [0.5, 0.6) is 0 Å². The van der Waals surface area contributed by atoms with E-state index in [4.69, 9.17) is 4.74 Å². The fraction of sp³-hybridized carbons (Fsp3) is 0.579. The van der Waals surface area contributed by atoms with Gasteiger partial charge in [-0.15, -0.1) is 6.58 Å². The van der Waals surface area contributed by atoms with E-state index in [-0.39, 0.29) is 11.5 Å². The van der Waals surface area contributed by atoms with Crippen LogP contribution in [0, 0.1) is 23.7 Å². The van der Waals surface area contributed by atoms with Gasteiger partial charge in [-0.3, -0.25) is 0 Å². The highest BCUT2D eigenvalue weighted by Crippen LogP contribution is 2.34. The second kappa shape index (κ2) is 9.47. The van der Waals surface area contributed by atoms with Crippen molar-refractivity contribution >= 4 is 15.8 Å². The number of rotatable bonds is 9. The molecule has 154 valence electrons. The molecule has 1 aliphatic rings. The molecule has 8 nitrogen and oxygen atoms in total. The van der Waals surface area contributed by atoms with Crippen LogP contribution in [0.3, 0.4) is 0 Å². The number of aliphatic hydroxyl groups is 1. The summed E-state index contributed by atoms with van der Waals surface area (Å²) in [4.78, 5) is 6.34. The SMILES string of the molecule is C=CC[C@@H](CO)NS(=O)(=O)c1cc(C)cnc1N1CCC(C#N)(COC)CC1. The number of pyridine rings is 1. The number of hydrogen-bond acceptors (Lipinski definition) is 7. The number of sulfonamides is 1. The van der Waals surface area contributed by atoms with E-state index in [0.717, 1.165) is 5.56 Å². The van der Waals surface area contributed by atoms with Crippen LogP contribution in [0.4, 0.5) is 5.82 Å². The summed E-state index contributed by atoms with van der Waals surface area (Å²) in [6.45, 7) is 6.40. The lowest BCUT2D eigenvalue weighted by Gasteiger charge is -2.38. The number of nitrogens with zero attached hydrogens (tertiary/aromatic N) is 3. The van der Waals surface area contributed by atoms with Gasteiger partial charge in [0.15, 0.2) is 0 Å². The van der Waals surface area contributed by atoms with Crippen LogP contribution in [0.1, 0.15) is 24.8 Å². The second-order valence-corrected chi connectivity index (χ2v) is 8.85. The molecule has 0 radical (unpaired) electrons. The maximum atomic E-state index is 13.0. The Morgan fingerprint density at radius 3 is 2.75 bits per heavy atom. The van der Waals surface area contributed by atoms with Gasteiger partial charge >= 0.3 is 0 Å². The highest BCUT2D eigenvalue weighted by atomic mass is 32.2. The summed E-state index contributed by atoms with van der Waals surface area (Å²) in [5.41, 5.74) is 0.162. The first-order valence-electron chi connectivity index (χ1n) is 9.16. The molecular weight excluding hydrogens is 380 g/mol. The molecule has 1 aliphatic heterocycles. The fourth-order valence-electron chi connectivity index (χ4n) is 3.33. The van der Waals surface area contributed by atoms with E-state index in [1.165, 1.54) is 0 Å². The molecule has 1 saturated heterocycles. The standard InChI is InChI=1S/C19H28N4O4S/c1-4-5-16(12-24)22-28(25,26)17-10-15(2)11-21-18(17)23-8-6-19(13-20,7-9-23)14-27-3/h4,10-11,16,22,24H,1,5-9,12,14H2,2-3H3/t16-/m0/s1. The second-order valence-electron chi connectivity index (χ2n) is 7.17. The maximum Gasteiger partial charge on any atom is 0.244 e. The Bertz CT molecular complexity index is 827. The zero-order valence-electron chi connectivity index (χ0n) is 16.4. The summed E-state index contributed by atoms with van der Waals surface area (Å²) in [6.07, 6.45) is 4.63. The Labute approximate surface area is 166 Å². The predicted molar refractivity (Wildman–Crippen MR) is 106 cm³/mol. The van der Waals surface area contributed by atoms with E-state index >= 15 is 0 Å². The lowest BCUT2D eigenvalue weighted by molar-refractivity contribution is 0.0982. The third-order valence-corrected chi connectivity index (χ3v) is 6.45. The van der Waals surface area contributed by atoms with Gasteiger partial charge in [0.25, 0.3) is 0 Å². The van der Waals surface area contributed by atoms with Crippen molar-refractivity contribution in [1.29, 1.82) is 5.26 Å². The van der Waals surface area contributed by atoms with Crippen LogP contribution >= 0.6 is 0 Å². The van der Waals surface area contributed by atoms with Crippen LogP contribution < -0.4 is 9.62 Å². The Morgan fingerprint density at radius 1 is 1.54 bits per heavy atom. The van der Waals surface area contributed by atoms with Crippen molar-refractivity contribution in [3.05, 3.63) is 30.5 Å². The van der Waals surface area contributed by atoms with Crippen molar-refractivity contribution in [3.63, 3.8) is 0 Å². The molecule has 1 aromatic rings. The highest BCUT2D eigenvalue weighted by Gasteiger charge is 2.37. The third-order valence-electron chi connectivity index (χ3n) is 4.93. The van der Waals surface area contributed by atoms with Crippen molar-refractivity contribution in [3.8, 4) is 6.07 Å². The summed E-state index contributed by atoms with van der Waals surface area (Å²) in [5, 5.41) is 19.0. The van der Waals surface area contributed by atoms with Gasteiger partial charge < -0.3 is 14.7 Å². The average Bonchev–Trinajstić information content (AvgIpc) is 2.68. The van der Waals surface area contributed by atoms with Gasteiger partial charge in [-0.2, -0.15) is 5.26 Å².